The van der Waals surface area contributed by atoms with E-state index in [0.717, 1.165) is 31.7 Å². The van der Waals surface area contributed by atoms with Gasteiger partial charge in [0.1, 0.15) is 11.4 Å². The van der Waals surface area contributed by atoms with Crippen LogP contribution in [0, 0.1) is 5.92 Å². The van der Waals surface area contributed by atoms with Crippen molar-refractivity contribution < 1.29 is 4.79 Å². The molecule has 2 rings (SSSR count). The third-order valence-corrected chi connectivity index (χ3v) is 4.40. The van der Waals surface area contributed by atoms with Gasteiger partial charge in [0.25, 0.3) is 0 Å². The van der Waals surface area contributed by atoms with E-state index in [2.05, 4.69) is 18.8 Å². The van der Waals surface area contributed by atoms with Gasteiger partial charge in [-0.2, -0.15) is 4.99 Å². The summed E-state index contributed by atoms with van der Waals surface area (Å²) in [5, 5.41) is 0. The Labute approximate surface area is 103 Å². The number of hydrogen-bond donors (Lipinski definition) is 1. The Morgan fingerprint density at radius 3 is 2.59 bits per heavy atom. The molecule has 0 saturated heterocycles. The highest BCUT2D eigenvalue weighted by Crippen LogP contribution is 2.40. The number of amides is 2. The summed E-state index contributed by atoms with van der Waals surface area (Å²) in [7, 11) is 0. The summed E-state index contributed by atoms with van der Waals surface area (Å²) in [6, 6.07) is -0.126. The minimum absolute atomic E-state index is 0.126. The fourth-order valence-corrected chi connectivity index (χ4v) is 3.21. The van der Waals surface area contributed by atoms with E-state index in [0.29, 0.717) is 5.84 Å². The van der Waals surface area contributed by atoms with Crippen molar-refractivity contribution in [2.24, 2.45) is 16.6 Å². The minimum Gasteiger partial charge on any atom is -0.385 e. The Bertz CT molecular complexity index is 330. The molecule has 0 radical (unpaired) electrons. The average Bonchev–Trinajstić information content (AvgIpc) is 2.55. The van der Waals surface area contributed by atoms with Crippen LogP contribution in [0.4, 0.5) is 4.79 Å². The Morgan fingerprint density at radius 2 is 2.06 bits per heavy atom. The number of carbonyl (C=O) groups is 1. The number of urea groups is 1. The number of nitrogens with zero attached hydrogens (tertiary/aromatic N) is 2. The normalized spacial score (nSPS) is 33.3. The summed E-state index contributed by atoms with van der Waals surface area (Å²) in [6.45, 7) is 5.11. The lowest BCUT2D eigenvalue weighted by Crippen LogP contribution is -2.56. The molecule has 96 valence electrons. The van der Waals surface area contributed by atoms with E-state index in [9.17, 15) is 4.79 Å². The summed E-state index contributed by atoms with van der Waals surface area (Å²) < 4.78 is 0. The molecular formula is C13H23N3O. The molecule has 0 unspecified atom stereocenters. The van der Waals surface area contributed by atoms with E-state index < -0.39 is 0 Å². The van der Waals surface area contributed by atoms with Gasteiger partial charge in [-0.25, -0.2) is 4.79 Å². The molecule has 0 aromatic carbocycles. The summed E-state index contributed by atoms with van der Waals surface area (Å²) >= 11 is 0. The van der Waals surface area contributed by atoms with Gasteiger partial charge in [0.05, 0.1) is 0 Å². The first kappa shape index (κ1) is 12.4. The van der Waals surface area contributed by atoms with E-state index in [1.165, 1.54) is 19.3 Å². The van der Waals surface area contributed by atoms with Crippen molar-refractivity contribution in [2.75, 3.05) is 6.54 Å². The van der Waals surface area contributed by atoms with Gasteiger partial charge in [-0.3, -0.25) is 0 Å². The number of aliphatic imine (C=N–C) groups is 1. The van der Waals surface area contributed by atoms with Gasteiger partial charge < -0.3 is 10.6 Å². The lowest BCUT2D eigenvalue weighted by molar-refractivity contribution is 0.125. The van der Waals surface area contributed by atoms with Crippen molar-refractivity contribution in [1.29, 1.82) is 0 Å². The number of amidine groups is 1. The van der Waals surface area contributed by atoms with Gasteiger partial charge in [-0.15, -0.1) is 0 Å². The largest absolute Gasteiger partial charge is 0.385 e. The van der Waals surface area contributed by atoms with E-state index in [1.807, 2.05) is 4.90 Å². The molecule has 0 atom stereocenters. The number of nitrogens with two attached hydrogens (primary N) is 1. The van der Waals surface area contributed by atoms with Crippen LogP contribution >= 0.6 is 0 Å². The van der Waals surface area contributed by atoms with Crippen LogP contribution in [-0.2, 0) is 0 Å². The van der Waals surface area contributed by atoms with Gasteiger partial charge in [0.2, 0.25) is 0 Å². The molecule has 2 aliphatic rings. The molecular weight excluding hydrogens is 214 g/mol. The molecule has 0 aromatic rings. The zero-order valence-corrected chi connectivity index (χ0v) is 10.9. The monoisotopic (exact) mass is 237 g/mol. The first-order valence-electron chi connectivity index (χ1n) is 6.80. The van der Waals surface area contributed by atoms with Crippen LogP contribution in [-0.4, -0.2) is 28.9 Å². The Balaban J connectivity index is 2.17. The van der Waals surface area contributed by atoms with Gasteiger partial charge in [0.15, 0.2) is 0 Å². The van der Waals surface area contributed by atoms with Crippen LogP contribution < -0.4 is 5.73 Å². The van der Waals surface area contributed by atoms with Crippen LogP contribution in [0.25, 0.3) is 0 Å². The second kappa shape index (κ2) is 4.67. The Kier molecular flexibility index (Phi) is 3.40. The maximum atomic E-state index is 11.9. The quantitative estimate of drug-likeness (QED) is 0.820. The third-order valence-electron chi connectivity index (χ3n) is 4.40. The van der Waals surface area contributed by atoms with Gasteiger partial charge >= 0.3 is 6.03 Å². The molecule has 4 heteroatoms. The molecule has 1 spiro atoms. The first-order valence-corrected chi connectivity index (χ1v) is 6.80. The van der Waals surface area contributed by atoms with Crippen molar-refractivity contribution in [3.05, 3.63) is 0 Å². The summed E-state index contributed by atoms with van der Waals surface area (Å²) in [5.41, 5.74) is 5.79. The smallest absolute Gasteiger partial charge is 0.346 e. The zero-order valence-electron chi connectivity index (χ0n) is 10.9. The Morgan fingerprint density at radius 1 is 1.41 bits per heavy atom. The topological polar surface area (TPSA) is 58.7 Å². The van der Waals surface area contributed by atoms with E-state index in [-0.39, 0.29) is 11.6 Å². The van der Waals surface area contributed by atoms with E-state index in [4.69, 9.17) is 5.73 Å². The lowest BCUT2D eigenvalue weighted by Gasteiger charge is -2.43. The highest BCUT2D eigenvalue weighted by atomic mass is 16.2. The van der Waals surface area contributed by atoms with Crippen LogP contribution in [0.2, 0.25) is 0 Å². The minimum atomic E-state index is -0.237. The summed E-state index contributed by atoms with van der Waals surface area (Å²) in [5.74, 6) is 1.36. The van der Waals surface area contributed by atoms with Crippen molar-refractivity contribution in [1.82, 2.24) is 4.90 Å². The number of carbonyl (C=O) groups excluding carboxylic acids is 1. The second-order valence-corrected chi connectivity index (χ2v) is 5.31. The average molecular weight is 237 g/mol. The van der Waals surface area contributed by atoms with Gasteiger partial charge in [0, 0.05) is 6.54 Å². The highest BCUT2D eigenvalue weighted by molar-refractivity contribution is 6.05. The van der Waals surface area contributed by atoms with Gasteiger partial charge in [-0.05, 0) is 38.0 Å². The van der Waals surface area contributed by atoms with Crippen molar-refractivity contribution in [3.63, 3.8) is 0 Å². The lowest BCUT2D eigenvalue weighted by atomic mass is 9.74. The maximum Gasteiger partial charge on any atom is 0.346 e. The molecule has 1 saturated carbocycles. The second-order valence-electron chi connectivity index (χ2n) is 5.31. The third kappa shape index (κ3) is 1.94. The molecule has 0 bridgehead atoms. The Hall–Kier alpha value is -1.06. The predicted molar refractivity (Wildman–Crippen MR) is 69.0 cm³/mol. The summed E-state index contributed by atoms with van der Waals surface area (Å²) in [6.07, 6.45) is 6.52. The van der Waals surface area contributed by atoms with E-state index in [1.54, 1.807) is 0 Å². The van der Waals surface area contributed by atoms with Crippen molar-refractivity contribution in [2.45, 2.75) is 57.9 Å². The molecule has 1 heterocycles. The molecule has 1 fully saturated rings. The van der Waals surface area contributed by atoms with Crippen molar-refractivity contribution in [3.8, 4) is 0 Å². The SMILES string of the molecule is CCCN1C(=O)N=C(N)C12CCC(CC)CC2. The number of hydrogen-bond acceptors (Lipinski definition) is 2. The van der Waals surface area contributed by atoms with Crippen LogP contribution in [0.1, 0.15) is 52.4 Å². The molecule has 1 aliphatic carbocycles. The predicted octanol–water partition coefficient (Wildman–Crippen LogP) is 2.53. The molecule has 1 aliphatic heterocycles. The molecule has 17 heavy (non-hydrogen) atoms. The van der Waals surface area contributed by atoms with Crippen LogP contribution in [0.3, 0.4) is 0 Å². The number of rotatable bonds is 3. The summed E-state index contributed by atoms with van der Waals surface area (Å²) in [4.78, 5) is 17.8. The molecule has 4 nitrogen and oxygen atoms in total. The highest BCUT2D eigenvalue weighted by Gasteiger charge is 2.49. The van der Waals surface area contributed by atoms with Gasteiger partial charge in [-0.1, -0.05) is 20.3 Å². The van der Waals surface area contributed by atoms with E-state index >= 15 is 0 Å². The fourth-order valence-electron chi connectivity index (χ4n) is 3.21. The molecule has 0 aromatic heterocycles. The van der Waals surface area contributed by atoms with Crippen LogP contribution in [0.5, 0.6) is 0 Å². The maximum absolute atomic E-state index is 11.9. The molecule has 2 amide bonds. The van der Waals surface area contributed by atoms with Crippen LogP contribution in [0.15, 0.2) is 4.99 Å². The zero-order chi connectivity index (χ0) is 12.5. The first-order chi connectivity index (χ1) is 8.14. The molecule has 2 N–H and O–H groups in total. The van der Waals surface area contributed by atoms with Crippen molar-refractivity contribution >= 4 is 11.9 Å². The standard InChI is InChI=1S/C13H23N3O/c1-3-9-16-12(17)15-11(14)13(16)7-5-10(4-2)6-8-13/h10H,3-9H2,1-2H3,(H2,14,15,17). The fraction of sp³-hybridized carbons (Fsp3) is 0.846.